The average molecular weight is 284 g/mol. The number of sulfonamides is 1. The van der Waals surface area contributed by atoms with Crippen LogP contribution in [-0.2, 0) is 10.0 Å². The second kappa shape index (κ2) is 5.83. The molecule has 0 saturated carbocycles. The lowest BCUT2D eigenvalue weighted by Crippen LogP contribution is -2.37. The van der Waals surface area contributed by atoms with Crippen molar-refractivity contribution < 1.29 is 8.42 Å². The van der Waals surface area contributed by atoms with Crippen molar-refractivity contribution in [3.63, 3.8) is 0 Å². The number of hydrogen-bond donors (Lipinski definition) is 0. The van der Waals surface area contributed by atoms with Crippen LogP contribution < -0.4 is 4.90 Å². The summed E-state index contributed by atoms with van der Waals surface area (Å²) in [5, 5.41) is 0. The summed E-state index contributed by atoms with van der Waals surface area (Å²) in [6.07, 6.45) is 7.36. The molecule has 19 heavy (non-hydrogen) atoms. The third-order valence-corrected chi connectivity index (χ3v) is 4.91. The van der Waals surface area contributed by atoms with Gasteiger partial charge in [-0.1, -0.05) is 0 Å². The molecule has 0 spiro atoms. The van der Waals surface area contributed by atoms with E-state index in [1.807, 2.05) is 0 Å². The normalized spacial score (nSPS) is 21.4. The quantitative estimate of drug-likeness (QED) is 0.818. The molecule has 7 heteroatoms. The summed E-state index contributed by atoms with van der Waals surface area (Å²) in [6, 6.07) is 1.87. The largest absolute Gasteiger partial charge is 0.341 e. The minimum atomic E-state index is -3.12. The van der Waals surface area contributed by atoms with Crippen molar-refractivity contribution in [1.82, 2.24) is 14.3 Å². The molecule has 2 heterocycles. The van der Waals surface area contributed by atoms with Crippen LogP contribution in [-0.4, -0.2) is 55.1 Å². The average Bonchev–Trinajstić information content (AvgIpc) is 2.63. The Hall–Kier alpha value is -1.21. The third-order valence-electron chi connectivity index (χ3n) is 3.57. The fourth-order valence-corrected chi connectivity index (χ4v) is 3.12. The van der Waals surface area contributed by atoms with E-state index in [-0.39, 0.29) is 6.04 Å². The molecular weight excluding hydrogens is 264 g/mol. The van der Waals surface area contributed by atoms with Crippen LogP contribution in [0.2, 0.25) is 0 Å². The van der Waals surface area contributed by atoms with Gasteiger partial charge >= 0.3 is 0 Å². The van der Waals surface area contributed by atoms with Crippen molar-refractivity contribution in [1.29, 1.82) is 0 Å². The molecule has 6 nitrogen and oxygen atoms in total. The predicted octanol–water partition coefficient (Wildman–Crippen LogP) is 0.727. The second-order valence-corrected chi connectivity index (χ2v) is 6.94. The minimum absolute atomic E-state index is 0.0729. The van der Waals surface area contributed by atoms with E-state index >= 15 is 0 Å². The van der Waals surface area contributed by atoms with Crippen molar-refractivity contribution in [3.8, 4) is 0 Å². The Labute approximate surface area is 114 Å². The molecule has 1 fully saturated rings. The number of nitrogens with zero attached hydrogens (tertiary/aromatic N) is 4. The number of hydrogen-bond acceptors (Lipinski definition) is 5. The molecule has 0 unspecified atom stereocenters. The Balaban J connectivity index is 2.03. The first-order chi connectivity index (χ1) is 8.98. The smallest absolute Gasteiger partial charge is 0.225 e. The molecule has 106 valence electrons. The van der Waals surface area contributed by atoms with Gasteiger partial charge in [0.05, 0.1) is 6.26 Å². The topological polar surface area (TPSA) is 66.4 Å². The Morgan fingerprint density at radius 3 is 2.58 bits per heavy atom. The maximum Gasteiger partial charge on any atom is 0.225 e. The van der Waals surface area contributed by atoms with Gasteiger partial charge < -0.3 is 4.90 Å². The van der Waals surface area contributed by atoms with Crippen LogP contribution in [0.15, 0.2) is 18.5 Å². The monoisotopic (exact) mass is 284 g/mol. The van der Waals surface area contributed by atoms with Gasteiger partial charge in [0.1, 0.15) is 0 Å². The maximum absolute atomic E-state index is 11.6. The molecule has 1 aromatic rings. The summed E-state index contributed by atoms with van der Waals surface area (Å²) in [7, 11) is -1.46. The molecule has 1 atom stereocenters. The van der Waals surface area contributed by atoms with Crippen molar-refractivity contribution in [3.05, 3.63) is 18.5 Å². The van der Waals surface area contributed by atoms with Gasteiger partial charge in [0.15, 0.2) is 0 Å². The van der Waals surface area contributed by atoms with Crippen molar-refractivity contribution >= 4 is 16.0 Å². The van der Waals surface area contributed by atoms with Crippen LogP contribution >= 0.6 is 0 Å². The van der Waals surface area contributed by atoms with Crippen LogP contribution in [0.4, 0.5) is 5.95 Å². The Morgan fingerprint density at radius 1 is 1.26 bits per heavy atom. The molecule has 1 aromatic heterocycles. The molecule has 1 aliphatic heterocycles. The fourth-order valence-electron chi connectivity index (χ4n) is 2.37. The van der Waals surface area contributed by atoms with Crippen molar-refractivity contribution in [2.24, 2.45) is 0 Å². The van der Waals surface area contributed by atoms with E-state index in [1.165, 1.54) is 10.6 Å². The lowest BCUT2D eigenvalue weighted by Gasteiger charge is -2.25. The van der Waals surface area contributed by atoms with E-state index < -0.39 is 10.0 Å². The van der Waals surface area contributed by atoms with Gasteiger partial charge in [-0.15, -0.1) is 0 Å². The van der Waals surface area contributed by atoms with Gasteiger partial charge in [-0.3, -0.25) is 0 Å². The van der Waals surface area contributed by atoms with E-state index in [9.17, 15) is 8.42 Å². The summed E-state index contributed by atoms with van der Waals surface area (Å²) in [5.41, 5.74) is 0. The Kier molecular flexibility index (Phi) is 4.36. The first-order valence-electron chi connectivity index (χ1n) is 6.43. The molecule has 0 bridgehead atoms. The van der Waals surface area contributed by atoms with E-state index in [4.69, 9.17) is 0 Å². The minimum Gasteiger partial charge on any atom is -0.341 e. The molecule has 2 rings (SSSR count). The number of rotatable bonds is 3. The highest BCUT2D eigenvalue weighted by Crippen LogP contribution is 2.19. The van der Waals surface area contributed by atoms with E-state index in [0.717, 1.165) is 38.3 Å². The standard InChI is InChI=1S/C12H20N4O2S/c1-15(19(2,17)18)11-5-3-9-16(10-6-11)12-13-7-4-8-14-12/h4,7-8,11H,3,5-6,9-10H2,1-2H3/t11-/m0/s1. The van der Waals surface area contributed by atoms with Gasteiger partial charge in [-0.05, 0) is 25.3 Å². The van der Waals surface area contributed by atoms with Crippen molar-refractivity contribution in [2.75, 3.05) is 31.3 Å². The molecule has 0 aromatic carbocycles. The molecule has 0 amide bonds. The molecule has 0 radical (unpaired) electrons. The molecule has 1 saturated heterocycles. The van der Waals surface area contributed by atoms with Crippen LogP contribution in [0.3, 0.4) is 0 Å². The summed E-state index contributed by atoms with van der Waals surface area (Å²) in [5.74, 6) is 0.727. The Bertz CT molecular complexity index is 506. The molecular formula is C12H20N4O2S. The molecule has 1 aliphatic rings. The zero-order chi connectivity index (χ0) is 13.9. The lowest BCUT2D eigenvalue weighted by atomic mass is 10.1. The number of anilines is 1. The Morgan fingerprint density at radius 2 is 1.95 bits per heavy atom. The zero-order valence-electron chi connectivity index (χ0n) is 11.4. The maximum atomic E-state index is 11.6. The highest BCUT2D eigenvalue weighted by Gasteiger charge is 2.25. The molecule has 0 aliphatic carbocycles. The lowest BCUT2D eigenvalue weighted by molar-refractivity contribution is 0.344. The zero-order valence-corrected chi connectivity index (χ0v) is 12.2. The predicted molar refractivity (Wildman–Crippen MR) is 74.5 cm³/mol. The van der Waals surface area contributed by atoms with Gasteiger partial charge in [0, 0.05) is 38.6 Å². The SMILES string of the molecule is CN([C@H]1CCCN(c2ncccn2)CC1)S(C)(=O)=O. The van der Waals surface area contributed by atoms with Crippen LogP contribution in [0.5, 0.6) is 0 Å². The van der Waals surface area contributed by atoms with E-state index in [2.05, 4.69) is 14.9 Å². The summed E-state index contributed by atoms with van der Waals surface area (Å²) in [6.45, 7) is 1.66. The van der Waals surface area contributed by atoms with Gasteiger partial charge in [-0.25, -0.2) is 22.7 Å². The highest BCUT2D eigenvalue weighted by atomic mass is 32.2. The van der Waals surface area contributed by atoms with E-state index in [1.54, 1.807) is 25.5 Å². The first-order valence-corrected chi connectivity index (χ1v) is 8.28. The molecule has 0 N–H and O–H groups in total. The third kappa shape index (κ3) is 3.63. The van der Waals surface area contributed by atoms with Crippen LogP contribution in [0.25, 0.3) is 0 Å². The van der Waals surface area contributed by atoms with Crippen LogP contribution in [0, 0.1) is 0 Å². The highest BCUT2D eigenvalue weighted by molar-refractivity contribution is 7.88. The first kappa shape index (κ1) is 14.2. The second-order valence-electron chi connectivity index (χ2n) is 4.90. The van der Waals surface area contributed by atoms with Gasteiger partial charge in [0.2, 0.25) is 16.0 Å². The van der Waals surface area contributed by atoms with Crippen molar-refractivity contribution in [2.45, 2.75) is 25.3 Å². The van der Waals surface area contributed by atoms with E-state index in [0.29, 0.717) is 0 Å². The summed E-state index contributed by atoms with van der Waals surface area (Å²) < 4.78 is 24.7. The summed E-state index contributed by atoms with van der Waals surface area (Å²) >= 11 is 0. The van der Waals surface area contributed by atoms with Crippen LogP contribution in [0.1, 0.15) is 19.3 Å². The fraction of sp³-hybridized carbons (Fsp3) is 0.667. The van der Waals surface area contributed by atoms with Gasteiger partial charge in [-0.2, -0.15) is 0 Å². The van der Waals surface area contributed by atoms with Gasteiger partial charge in [0.25, 0.3) is 0 Å². The summed E-state index contributed by atoms with van der Waals surface area (Å²) in [4.78, 5) is 10.6. The number of aromatic nitrogens is 2.